The van der Waals surface area contributed by atoms with Crippen LogP contribution in [0.2, 0.25) is 5.15 Å². The van der Waals surface area contributed by atoms with Gasteiger partial charge in [-0.2, -0.15) is 0 Å². The van der Waals surface area contributed by atoms with Crippen LogP contribution in [-0.4, -0.2) is 51.3 Å². The average Bonchev–Trinajstić information content (AvgIpc) is 3.20. The second-order valence-corrected chi connectivity index (χ2v) is 6.95. The third-order valence-corrected chi connectivity index (χ3v) is 4.93. The summed E-state index contributed by atoms with van der Waals surface area (Å²) in [6.07, 6.45) is 2.78. The molecule has 1 aromatic heterocycles. The van der Waals surface area contributed by atoms with Gasteiger partial charge in [-0.1, -0.05) is 17.7 Å². The molecule has 9 heteroatoms. The Balaban J connectivity index is 0.00000300. The van der Waals surface area contributed by atoms with Gasteiger partial charge in [-0.15, -0.1) is 24.0 Å². The van der Waals surface area contributed by atoms with E-state index in [0.717, 1.165) is 48.2 Å². The van der Waals surface area contributed by atoms with E-state index in [2.05, 4.69) is 25.5 Å². The molecule has 0 spiro atoms. The molecule has 29 heavy (non-hydrogen) atoms. The molecule has 3 rings (SSSR count). The number of benzene rings is 1. The second-order valence-electron chi connectivity index (χ2n) is 6.56. The fraction of sp³-hybridized carbons (Fsp3) is 0.400. The van der Waals surface area contributed by atoms with Gasteiger partial charge in [-0.3, -0.25) is 4.99 Å². The third kappa shape index (κ3) is 6.53. The molecule has 0 saturated carbocycles. The Hall–Kier alpha value is -1.94. The molecule has 2 aromatic rings. The van der Waals surface area contributed by atoms with Crippen molar-refractivity contribution < 1.29 is 9.47 Å². The van der Waals surface area contributed by atoms with Crippen molar-refractivity contribution >= 4 is 47.2 Å². The minimum Gasteiger partial charge on any atom is -0.497 e. The van der Waals surface area contributed by atoms with E-state index in [-0.39, 0.29) is 24.0 Å². The van der Waals surface area contributed by atoms with Crippen LogP contribution in [0.1, 0.15) is 12.0 Å². The summed E-state index contributed by atoms with van der Waals surface area (Å²) in [7, 11) is 5.10. The van der Waals surface area contributed by atoms with Gasteiger partial charge in [0, 0.05) is 62.8 Å². The third-order valence-electron chi connectivity index (χ3n) is 4.70. The monoisotopic (exact) mass is 531 g/mol. The van der Waals surface area contributed by atoms with Crippen molar-refractivity contribution in [1.29, 1.82) is 0 Å². The minimum absolute atomic E-state index is 0. The normalized spacial score (nSPS) is 16.2. The smallest absolute Gasteiger partial charge is 0.191 e. The highest BCUT2D eigenvalue weighted by Gasteiger charge is 2.24. The maximum Gasteiger partial charge on any atom is 0.191 e. The molecule has 1 aliphatic heterocycles. The average molecular weight is 532 g/mol. The fourth-order valence-corrected chi connectivity index (χ4v) is 3.28. The number of hydrogen-bond donors (Lipinski definition) is 2. The van der Waals surface area contributed by atoms with Crippen molar-refractivity contribution in [2.75, 3.05) is 39.3 Å². The maximum atomic E-state index is 5.83. The zero-order valence-electron chi connectivity index (χ0n) is 16.8. The first-order chi connectivity index (χ1) is 13.6. The number of nitrogens with one attached hydrogen (secondary N) is 2. The quantitative estimate of drug-likeness (QED) is 0.258. The van der Waals surface area contributed by atoms with Crippen molar-refractivity contribution in [2.24, 2.45) is 4.99 Å². The summed E-state index contributed by atoms with van der Waals surface area (Å²) in [6.45, 7) is 2.46. The van der Waals surface area contributed by atoms with E-state index in [1.807, 2.05) is 24.3 Å². The van der Waals surface area contributed by atoms with Gasteiger partial charge in [-0.05, 0) is 18.1 Å². The molecule has 0 radical (unpaired) electrons. The highest BCUT2D eigenvalue weighted by Crippen LogP contribution is 2.30. The first-order valence-corrected chi connectivity index (χ1v) is 9.54. The maximum absolute atomic E-state index is 5.83. The van der Waals surface area contributed by atoms with E-state index in [0.29, 0.717) is 17.7 Å². The van der Waals surface area contributed by atoms with Crippen LogP contribution in [0.3, 0.4) is 0 Å². The summed E-state index contributed by atoms with van der Waals surface area (Å²) in [5.41, 5.74) is 2.14. The van der Waals surface area contributed by atoms with Crippen molar-refractivity contribution in [2.45, 2.75) is 19.0 Å². The molecule has 1 atom stereocenters. The number of methoxy groups -OCH3 is 2. The second kappa shape index (κ2) is 11.3. The van der Waals surface area contributed by atoms with Crippen LogP contribution in [0.4, 0.5) is 5.69 Å². The van der Waals surface area contributed by atoms with Gasteiger partial charge in [0.1, 0.15) is 16.7 Å². The van der Waals surface area contributed by atoms with Crippen LogP contribution in [0, 0.1) is 0 Å². The molecule has 1 saturated heterocycles. The Morgan fingerprint density at radius 3 is 2.55 bits per heavy atom. The molecule has 2 N–H and O–H groups in total. The van der Waals surface area contributed by atoms with E-state index in [4.69, 9.17) is 21.1 Å². The number of anilines is 1. The van der Waals surface area contributed by atoms with Crippen molar-refractivity contribution in [3.05, 3.63) is 47.2 Å². The molecule has 0 amide bonds. The van der Waals surface area contributed by atoms with Gasteiger partial charge in [0.2, 0.25) is 0 Å². The standard InChI is InChI=1S/C20H26ClN5O2.HI/c1-22-20(24-12-14-4-5-19(21)23-11-14)25-15-6-7-26(13-15)16-8-17(27-2)10-18(9-16)28-3;/h4-5,8-11,15H,6-7,12-13H2,1-3H3,(H2,22,24,25);1H. The Morgan fingerprint density at radius 2 is 1.97 bits per heavy atom. The molecule has 7 nitrogen and oxygen atoms in total. The molecule has 1 fully saturated rings. The first-order valence-electron chi connectivity index (χ1n) is 9.17. The van der Waals surface area contributed by atoms with E-state index >= 15 is 0 Å². The van der Waals surface area contributed by atoms with Crippen LogP contribution in [0.25, 0.3) is 0 Å². The number of hydrogen-bond acceptors (Lipinski definition) is 5. The number of aromatic nitrogens is 1. The Labute approximate surface area is 193 Å². The van der Waals surface area contributed by atoms with Gasteiger partial charge in [0.05, 0.1) is 14.2 Å². The van der Waals surface area contributed by atoms with Crippen LogP contribution < -0.4 is 25.0 Å². The van der Waals surface area contributed by atoms with Crippen LogP contribution in [-0.2, 0) is 6.54 Å². The zero-order valence-corrected chi connectivity index (χ0v) is 19.9. The van der Waals surface area contributed by atoms with Crippen molar-refractivity contribution in [3.8, 4) is 11.5 Å². The van der Waals surface area contributed by atoms with Gasteiger partial charge in [0.15, 0.2) is 5.96 Å². The van der Waals surface area contributed by atoms with Gasteiger partial charge < -0.3 is 25.0 Å². The molecule has 1 aromatic carbocycles. The van der Waals surface area contributed by atoms with Crippen LogP contribution in [0.5, 0.6) is 11.5 Å². The predicted molar refractivity (Wildman–Crippen MR) is 128 cm³/mol. The zero-order chi connectivity index (χ0) is 19.9. The molecule has 1 unspecified atom stereocenters. The highest BCUT2D eigenvalue weighted by atomic mass is 127. The lowest BCUT2D eigenvalue weighted by atomic mass is 10.2. The van der Waals surface area contributed by atoms with Crippen LogP contribution >= 0.6 is 35.6 Å². The lowest BCUT2D eigenvalue weighted by Gasteiger charge is -2.21. The molecule has 1 aliphatic rings. The Morgan fingerprint density at radius 1 is 1.24 bits per heavy atom. The number of nitrogens with zero attached hydrogens (tertiary/aromatic N) is 3. The first kappa shape index (κ1) is 23.3. The summed E-state index contributed by atoms with van der Waals surface area (Å²) >= 11 is 5.83. The minimum atomic E-state index is 0. The van der Waals surface area contributed by atoms with Crippen molar-refractivity contribution in [1.82, 2.24) is 15.6 Å². The highest BCUT2D eigenvalue weighted by molar-refractivity contribution is 14.0. The summed E-state index contributed by atoms with van der Waals surface area (Å²) in [6, 6.07) is 9.98. The molecule has 2 heterocycles. The molecular weight excluding hydrogens is 505 g/mol. The molecular formula is C20H27ClIN5O2. The van der Waals surface area contributed by atoms with Crippen LogP contribution in [0.15, 0.2) is 41.5 Å². The SMILES string of the molecule is CN=C(NCc1ccc(Cl)nc1)NC1CCN(c2cc(OC)cc(OC)c2)C1.I. The fourth-order valence-electron chi connectivity index (χ4n) is 3.17. The molecule has 0 bridgehead atoms. The lowest BCUT2D eigenvalue weighted by molar-refractivity contribution is 0.394. The topological polar surface area (TPSA) is 71.0 Å². The number of ether oxygens (including phenoxy) is 2. The summed E-state index contributed by atoms with van der Waals surface area (Å²) in [4.78, 5) is 10.7. The number of rotatable bonds is 6. The summed E-state index contributed by atoms with van der Waals surface area (Å²) < 4.78 is 10.8. The largest absolute Gasteiger partial charge is 0.497 e. The van der Waals surface area contributed by atoms with E-state index in [1.165, 1.54) is 0 Å². The predicted octanol–water partition coefficient (Wildman–Crippen LogP) is 3.31. The summed E-state index contributed by atoms with van der Waals surface area (Å²) in [5, 5.41) is 7.30. The van der Waals surface area contributed by atoms with Gasteiger partial charge in [-0.25, -0.2) is 4.98 Å². The molecule has 0 aliphatic carbocycles. The number of aliphatic imine (C=N–C) groups is 1. The van der Waals surface area contributed by atoms with E-state index in [9.17, 15) is 0 Å². The van der Waals surface area contributed by atoms with E-state index in [1.54, 1.807) is 33.5 Å². The van der Waals surface area contributed by atoms with Gasteiger partial charge >= 0.3 is 0 Å². The number of halogens is 2. The van der Waals surface area contributed by atoms with Gasteiger partial charge in [0.25, 0.3) is 0 Å². The van der Waals surface area contributed by atoms with E-state index < -0.39 is 0 Å². The Bertz CT molecular complexity index is 797. The summed E-state index contributed by atoms with van der Waals surface area (Å²) in [5.74, 6) is 2.35. The Kier molecular flexibility index (Phi) is 9.09. The van der Waals surface area contributed by atoms with Crippen molar-refractivity contribution in [3.63, 3.8) is 0 Å². The number of pyridine rings is 1. The lowest BCUT2D eigenvalue weighted by Crippen LogP contribution is -2.44. The number of guanidine groups is 1. The molecule has 158 valence electrons.